The van der Waals surface area contributed by atoms with Crippen molar-refractivity contribution in [1.29, 1.82) is 0 Å². The van der Waals surface area contributed by atoms with Crippen LogP contribution in [-0.2, 0) is 13.0 Å². The van der Waals surface area contributed by atoms with Gasteiger partial charge < -0.3 is 10.2 Å². The Balaban J connectivity index is 1.67. The smallest absolute Gasteiger partial charge is 0.186 e. The number of aromatic nitrogens is 1. The largest absolute Gasteiger partial charge is 0.341 e. The van der Waals surface area contributed by atoms with Crippen LogP contribution in [0, 0.1) is 5.92 Å². The molecular formula is C16H23N3S2. The summed E-state index contributed by atoms with van der Waals surface area (Å²) < 4.78 is 0. The number of thiazole rings is 1. The molecule has 2 aromatic heterocycles. The van der Waals surface area contributed by atoms with Crippen molar-refractivity contribution >= 4 is 27.8 Å². The summed E-state index contributed by atoms with van der Waals surface area (Å²) in [6.07, 6.45) is 3.18. The zero-order valence-electron chi connectivity index (χ0n) is 12.9. The van der Waals surface area contributed by atoms with Gasteiger partial charge in [-0.05, 0) is 42.8 Å². The summed E-state index contributed by atoms with van der Waals surface area (Å²) in [6, 6.07) is 2.72. The standard InChI is InChI=1S/C16H23N3S2/c1-11(2)8-17-9-13-10-18-16(21-13)19-6-4-15-14(12(19)3)5-7-20-15/h5,7,10-12,17H,4,6,8-9H2,1-3H3. The van der Waals surface area contributed by atoms with Gasteiger partial charge in [0.05, 0.1) is 6.04 Å². The van der Waals surface area contributed by atoms with Crippen molar-refractivity contribution in [3.8, 4) is 0 Å². The van der Waals surface area contributed by atoms with Gasteiger partial charge in [0, 0.05) is 29.0 Å². The average Bonchev–Trinajstić information content (AvgIpc) is 3.08. The van der Waals surface area contributed by atoms with Crippen molar-refractivity contribution in [2.75, 3.05) is 18.0 Å². The first-order valence-electron chi connectivity index (χ1n) is 7.63. The molecule has 0 fully saturated rings. The zero-order valence-corrected chi connectivity index (χ0v) is 14.6. The number of anilines is 1. The molecule has 2 aromatic rings. The maximum Gasteiger partial charge on any atom is 0.186 e. The lowest BCUT2D eigenvalue weighted by molar-refractivity contribution is 0.554. The van der Waals surface area contributed by atoms with E-state index in [1.807, 2.05) is 28.9 Å². The predicted molar refractivity (Wildman–Crippen MR) is 92.4 cm³/mol. The summed E-state index contributed by atoms with van der Waals surface area (Å²) >= 11 is 3.72. The number of rotatable bonds is 5. The molecule has 114 valence electrons. The van der Waals surface area contributed by atoms with Gasteiger partial charge in [-0.2, -0.15) is 0 Å². The summed E-state index contributed by atoms with van der Waals surface area (Å²) in [7, 11) is 0. The van der Waals surface area contributed by atoms with Gasteiger partial charge in [-0.3, -0.25) is 0 Å². The van der Waals surface area contributed by atoms with E-state index >= 15 is 0 Å². The lowest BCUT2D eigenvalue weighted by atomic mass is 10.0. The lowest BCUT2D eigenvalue weighted by Crippen LogP contribution is -2.32. The van der Waals surface area contributed by atoms with Crippen molar-refractivity contribution in [3.63, 3.8) is 0 Å². The summed E-state index contributed by atoms with van der Waals surface area (Å²) in [6.45, 7) is 9.84. The molecule has 0 bridgehead atoms. The van der Waals surface area contributed by atoms with Gasteiger partial charge in [-0.25, -0.2) is 4.98 Å². The van der Waals surface area contributed by atoms with Crippen LogP contribution in [0.25, 0.3) is 0 Å². The van der Waals surface area contributed by atoms with Gasteiger partial charge in [0.2, 0.25) is 0 Å². The maximum absolute atomic E-state index is 4.65. The van der Waals surface area contributed by atoms with Gasteiger partial charge in [-0.1, -0.05) is 13.8 Å². The van der Waals surface area contributed by atoms with E-state index in [1.165, 1.54) is 15.6 Å². The molecule has 21 heavy (non-hydrogen) atoms. The SMILES string of the molecule is CC(C)CNCc1cnc(N2CCc3sccc3C2C)s1. The second-order valence-electron chi connectivity index (χ2n) is 6.05. The Hall–Kier alpha value is -0.910. The molecule has 0 aliphatic carbocycles. The Morgan fingerprint density at radius 2 is 2.33 bits per heavy atom. The highest BCUT2D eigenvalue weighted by Gasteiger charge is 2.26. The van der Waals surface area contributed by atoms with Gasteiger partial charge >= 0.3 is 0 Å². The molecule has 1 aliphatic rings. The third-order valence-electron chi connectivity index (χ3n) is 3.92. The Kier molecular flexibility index (Phi) is 4.62. The van der Waals surface area contributed by atoms with Crippen molar-refractivity contribution in [3.05, 3.63) is 33.0 Å². The fourth-order valence-corrected chi connectivity index (χ4v) is 4.72. The number of hydrogen-bond donors (Lipinski definition) is 1. The molecule has 3 heterocycles. The van der Waals surface area contributed by atoms with Gasteiger partial charge in [0.15, 0.2) is 5.13 Å². The highest BCUT2D eigenvalue weighted by molar-refractivity contribution is 7.15. The summed E-state index contributed by atoms with van der Waals surface area (Å²) in [5.41, 5.74) is 1.49. The molecule has 0 saturated heterocycles. The van der Waals surface area contributed by atoms with Crippen molar-refractivity contribution in [1.82, 2.24) is 10.3 Å². The average molecular weight is 322 g/mol. The normalized spacial score (nSPS) is 18.3. The van der Waals surface area contributed by atoms with E-state index < -0.39 is 0 Å². The number of nitrogens with zero attached hydrogens (tertiary/aromatic N) is 2. The minimum atomic E-state index is 0.447. The maximum atomic E-state index is 4.65. The zero-order chi connectivity index (χ0) is 14.8. The van der Waals surface area contributed by atoms with Gasteiger partial charge in [0.1, 0.15) is 0 Å². The molecule has 1 N–H and O–H groups in total. The molecule has 1 unspecified atom stereocenters. The quantitative estimate of drug-likeness (QED) is 0.899. The topological polar surface area (TPSA) is 28.2 Å². The van der Waals surface area contributed by atoms with E-state index in [2.05, 4.69) is 47.4 Å². The van der Waals surface area contributed by atoms with E-state index in [-0.39, 0.29) is 0 Å². The first-order chi connectivity index (χ1) is 10.1. The van der Waals surface area contributed by atoms with Crippen LogP contribution in [0.1, 0.15) is 42.1 Å². The van der Waals surface area contributed by atoms with Crippen LogP contribution in [0.2, 0.25) is 0 Å². The Labute approximate surface area is 135 Å². The first-order valence-corrected chi connectivity index (χ1v) is 9.33. The third-order valence-corrected chi connectivity index (χ3v) is 5.95. The van der Waals surface area contributed by atoms with Gasteiger partial charge in [0.25, 0.3) is 0 Å². The molecule has 0 aromatic carbocycles. The van der Waals surface area contributed by atoms with Crippen LogP contribution in [-0.4, -0.2) is 18.1 Å². The van der Waals surface area contributed by atoms with Crippen LogP contribution in [0.15, 0.2) is 17.6 Å². The molecule has 3 rings (SSSR count). The van der Waals surface area contributed by atoms with Crippen LogP contribution < -0.4 is 10.2 Å². The molecule has 1 aliphatic heterocycles. The second-order valence-corrected chi connectivity index (χ2v) is 8.15. The van der Waals surface area contributed by atoms with Crippen LogP contribution >= 0.6 is 22.7 Å². The minimum absolute atomic E-state index is 0.447. The number of nitrogens with one attached hydrogen (secondary N) is 1. The molecule has 1 atom stereocenters. The summed E-state index contributed by atoms with van der Waals surface area (Å²) in [4.78, 5) is 9.98. The van der Waals surface area contributed by atoms with Gasteiger partial charge in [-0.15, -0.1) is 22.7 Å². The van der Waals surface area contributed by atoms with Crippen LogP contribution in [0.3, 0.4) is 0 Å². The number of hydrogen-bond acceptors (Lipinski definition) is 5. The summed E-state index contributed by atoms with van der Waals surface area (Å²) in [5, 5.41) is 6.88. The highest BCUT2D eigenvalue weighted by atomic mass is 32.1. The monoisotopic (exact) mass is 321 g/mol. The van der Waals surface area contributed by atoms with Crippen LogP contribution in [0.4, 0.5) is 5.13 Å². The molecule has 0 saturated carbocycles. The summed E-state index contributed by atoms with van der Waals surface area (Å²) in [5.74, 6) is 0.691. The molecular weight excluding hydrogens is 298 g/mol. The third kappa shape index (κ3) is 3.30. The lowest BCUT2D eigenvalue weighted by Gasteiger charge is -2.33. The molecule has 0 radical (unpaired) electrons. The minimum Gasteiger partial charge on any atom is -0.341 e. The molecule has 0 amide bonds. The fraction of sp³-hybridized carbons (Fsp3) is 0.562. The van der Waals surface area contributed by atoms with E-state index in [0.717, 1.165) is 26.1 Å². The van der Waals surface area contributed by atoms with Crippen molar-refractivity contribution in [2.45, 2.75) is 39.8 Å². The highest BCUT2D eigenvalue weighted by Crippen LogP contribution is 2.37. The number of thiophene rings is 1. The predicted octanol–water partition coefficient (Wildman–Crippen LogP) is 4.07. The second kappa shape index (κ2) is 6.46. The first kappa shape index (κ1) is 15.0. The Bertz CT molecular complexity index is 588. The van der Waals surface area contributed by atoms with Crippen LogP contribution in [0.5, 0.6) is 0 Å². The Morgan fingerprint density at radius 1 is 1.48 bits per heavy atom. The van der Waals surface area contributed by atoms with E-state index in [0.29, 0.717) is 12.0 Å². The van der Waals surface area contributed by atoms with E-state index in [4.69, 9.17) is 0 Å². The van der Waals surface area contributed by atoms with E-state index in [1.54, 1.807) is 4.88 Å². The molecule has 3 nitrogen and oxygen atoms in total. The fourth-order valence-electron chi connectivity index (χ4n) is 2.77. The molecule has 5 heteroatoms. The van der Waals surface area contributed by atoms with E-state index in [9.17, 15) is 0 Å². The van der Waals surface area contributed by atoms with Crippen molar-refractivity contribution < 1.29 is 0 Å². The Morgan fingerprint density at radius 3 is 3.14 bits per heavy atom. The number of fused-ring (bicyclic) bond motifs is 1. The molecule has 0 spiro atoms. The van der Waals surface area contributed by atoms with Crippen molar-refractivity contribution in [2.24, 2.45) is 5.92 Å².